The molecule has 3 N–H and O–H groups in total. The number of hydrogen-bond donors (Lipinski definition) is 3. The van der Waals surface area contributed by atoms with Crippen LogP contribution in [0.1, 0.15) is 58.8 Å². The number of nitrogens with one attached hydrogen (secondary N) is 2. The third-order valence-electron chi connectivity index (χ3n) is 4.62. The zero-order valence-corrected chi connectivity index (χ0v) is 13.4. The van der Waals surface area contributed by atoms with Crippen LogP contribution < -0.4 is 10.6 Å². The topological polar surface area (TPSA) is 78.4 Å². The first kappa shape index (κ1) is 17.8. The molecular formula is C16H30N2O3. The Morgan fingerprint density at radius 2 is 1.76 bits per heavy atom. The van der Waals surface area contributed by atoms with Crippen LogP contribution in [0.5, 0.6) is 0 Å². The Bertz CT molecular complexity index is 325. The third-order valence-corrected chi connectivity index (χ3v) is 4.62. The zero-order valence-electron chi connectivity index (χ0n) is 13.4. The summed E-state index contributed by atoms with van der Waals surface area (Å²) >= 11 is 0. The molecule has 0 aromatic heterocycles. The summed E-state index contributed by atoms with van der Waals surface area (Å²) in [4.78, 5) is 22.3. The van der Waals surface area contributed by atoms with Gasteiger partial charge in [-0.2, -0.15) is 0 Å². The summed E-state index contributed by atoms with van der Waals surface area (Å²) in [6.07, 6.45) is 7.58. The van der Waals surface area contributed by atoms with Crippen molar-refractivity contribution in [2.45, 2.75) is 58.8 Å². The number of carboxylic acid groups (broad SMARTS) is 1. The zero-order chi connectivity index (χ0) is 15.7. The molecule has 1 aliphatic rings. The largest absolute Gasteiger partial charge is 0.481 e. The van der Waals surface area contributed by atoms with E-state index >= 15 is 0 Å². The lowest BCUT2D eigenvalue weighted by Crippen LogP contribution is -2.39. The van der Waals surface area contributed by atoms with Gasteiger partial charge in [0.15, 0.2) is 0 Å². The van der Waals surface area contributed by atoms with Gasteiger partial charge in [0.2, 0.25) is 0 Å². The van der Waals surface area contributed by atoms with E-state index in [2.05, 4.69) is 17.6 Å². The van der Waals surface area contributed by atoms with Gasteiger partial charge in [0.1, 0.15) is 0 Å². The van der Waals surface area contributed by atoms with E-state index in [-0.39, 0.29) is 11.9 Å². The van der Waals surface area contributed by atoms with Crippen LogP contribution in [0.25, 0.3) is 0 Å². The van der Waals surface area contributed by atoms with Crippen molar-refractivity contribution in [1.82, 2.24) is 10.6 Å². The number of carboxylic acids is 1. The van der Waals surface area contributed by atoms with Crippen molar-refractivity contribution < 1.29 is 14.7 Å². The monoisotopic (exact) mass is 298 g/mol. The van der Waals surface area contributed by atoms with Gasteiger partial charge < -0.3 is 15.7 Å². The van der Waals surface area contributed by atoms with Crippen LogP contribution in [0, 0.1) is 17.8 Å². The highest BCUT2D eigenvalue weighted by atomic mass is 16.4. The smallest absolute Gasteiger partial charge is 0.314 e. The van der Waals surface area contributed by atoms with E-state index in [4.69, 9.17) is 5.11 Å². The van der Waals surface area contributed by atoms with E-state index in [0.29, 0.717) is 25.3 Å². The molecule has 1 unspecified atom stereocenters. The summed E-state index contributed by atoms with van der Waals surface area (Å²) in [5.74, 6) is 0.377. The van der Waals surface area contributed by atoms with Gasteiger partial charge in [0, 0.05) is 13.1 Å². The fraction of sp³-hybridized carbons (Fsp3) is 0.875. The minimum absolute atomic E-state index is 0.129. The number of aliphatic carboxylic acids is 1. The van der Waals surface area contributed by atoms with Crippen molar-refractivity contribution >= 4 is 12.0 Å². The van der Waals surface area contributed by atoms with E-state index in [1.165, 1.54) is 32.1 Å². The molecule has 0 heterocycles. The highest BCUT2D eigenvalue weighted by Crippen LogP contribution is 2.29. The molecule has 0 aromatic rings. The summed E-state index contributed by atoms with van der Waals surface area (Å²) in [6, 6.07) is -0.129. The second-order valence-electron chi connectivity index (χ2n) is 6.31. The van der Waals surface area contributed by atoms with Crippen molar-refractivity contribution in [2.24, 2.45) is 17.8 Å². The summed E-state index contributed by atoms with van der Waals surface area (Å²) < 4.78 is 0. The normalized spacial score (nSPS) is 23.3. The van der Waals surface area contributed by atoms with Gasteiger partial charge in [-0.1, -0.05) is 33.1 Å². The van der Waals surface area contributed by atoms with Crippen LogP contribution >= 0.6 is 0 Å². The maximum Gasteiger partial charge on any atom is 0.314 e. The lowest BCUT2D eigenvalue weighted by Gasteiger charge is -2.27. The van der Waals surface area contributed by atoms with E-state index in [1.54, 1.807) is 6.92 Å². The molecule has 5 heteroatoms. The number of rotatable bonds is 8. The third kappa shape index (κ3) is 7.34. The van der Waals surface area contributed by atoms with Crippen molar-refractivity contribution in [3.63, 3.8) is 0 Å². The van der Waals surface area contributed by atoms with Crippen molar-refractivity contribution in [2.75, 3.05) is 13.1 Å². The van der Waals surface area contributed by atoms with Gasteiger partial charge in [-0.05, 0) is 37.5 Å². The van der Waals surface area contributed by atoms with Crippen LogP contribution in [-0.2, 0) is 4.79 Å². The van der Waals surface area contributed by atoms with Gasteiger partial charge in [0.25, 0.3) is 0 Å². The summed E-state index contributed by atoms with van der Waals surface area (Å²) in [5.41, 5.74) is 0. The standard InChI is InChI=1S/C16H30N2O3/c1-3-13-6-8-14(9-7-13)11-18-16(21)17-10-4-5-12(2)15(19)20/h12-14H,3-11H2,1-2H3,(H,19,20)(H2,17,18,21). The fourth-order valence-corrected chi connectivity index (χ4v) is 2.88. The summed E-state index contributed by atoms with van der Waals surface area (Å²) in [7, 11) is 0. The molecule has 1 atom stereocenters. The molecule has 1 aliphatic carbocycles. The molecule has 2 amide bonds. The summed E-state index contributed by atoms with van der Waals surface area (Å²) in [6.45, 7) is 5.23. The molecule has 1 saturated carbocycles. The van der Waals surface area contributed by atoms with E-state index in [1.807, 2.05) is 0 Å². The van der Waals surface area contributed by atoms with E-state index < -0.39 is 5.97 Å². The van der Waals surface area contributed by atoms with Gasteiger partial charge >= 0.3 is 12.0 Å². The van der Waals surface area contributed by atoms with Crippen LogP contribution in [0.4, 0.5) is 4.79 Å². The average Bonchev–Trinajstić information content (AvgIpc) is 2.49. The number of carbonyl (C=O) groups is 2. The molecule has 0 radical (unpaired) electrons. The van der Waals surface area contributed by atoms with Gasteiger partial charge in [-0.3, -0.25) is 4.79 Å². The molecule has 21 heavy (non-hydrogen) atoms. The number of carbonyl (C=O) groups excluding carboxylic acids is 1. The first-order valence-electron chi connectivity index (χ1n) is 8.27. The van der Waals surface area contributed by atoms with Gasteiger partial charge in [0.05, 0.1) is 5.92 Å². The predicted octanol–water partition coefficient (Wildman–Crippen LogP) is 3.00. The van der Waals surface area contributed by atoms with Crippen LogP contribution in [-0.4, -0.2) is 30.2 Å². The second kappa shape index (κ2) is 9.64. The highest BCUT2D eigenvalue weighted by molar-refractivity contribution is 5.73. The molecule has 0 spiro atoms. The highest BCUT2D eigenvalue weighted by Gasteiger charge is 2.20. The molecule has 0 aliphatic heterocycles. The lowest BCUT2D eigenvalue weighted by atomic mass is 9.81. The molecule has 1 rings (SSSR count). The van der Waals surface area contributed by atoms with Gasteiger partial charge in [-0.15, -0.1) is 0 Å². The quantitative estimate of drug-likeness (QED) is 0.603. The SMILES string of the molecule is CCC1CCC(CNC(=O)NCCCC(C)C(=O)O)CC1. The lowest BCUT2D eigenvalue weighted by molar-refractivity contribution is -0.141. The molecule has 0 bridgehead atoms. The maximum absolute atomic E-state index is 11.6. The number of hydrogen-bond acceptors (Lipinski definition) is 2. The maximum atomic E-state index is 11.6. The number of amides is 2. The molecule has 0 aromatic carbocycles. The molecule has 1 fully saturated rings. The molecule has 5 nitrogen and oxygen atoms in total. The minimum Gasteiger partial charge on any atom is -0.481 e. The molecular weight excluding hydrogens is 268 g/mol. The first-order chi connectivity index (χ1) is 10.0. The van der Waals surface area contributed by atoms with E-state index in [0.717, 1.165) is 12.5 Å². The van der Waals surface area contributed by atoms with Crippen molar-refractivity contribution in [1.29, 1.82) is 0 Å². The molecule has 122 valence electrons. The van der Waals surface area contributed by atoms with Crippen molar-refractivity contribution in [3.05, 3.63) is 0 Å². The Balaban J connectivity index is 2.03. The average molecular weight is 298 g/mol. The predicted molar refractivity (Wildman–Crippen MR) is 83.2 cm³/mol. The van der Waals surface area contributed by atoms with Crippen LogP contribution in [0.15, 0.2) is 0 Å². The Morgan fingerprint density at radius 3 is 2.33 bits per heavy atom. The fourth-order valence-electron chi connectivity index (χ4n) is 2.88. The van der Waals surface area contributed by atoms with Crippen LogP contribution in [0.2, 0.25) is 0 Å². The Kier molecular flexibility index (Phi) is 8.16. The van der Waals surface area contributed by atoms with Crippen molar-refractivity contribution in [3.8, 4) is 0 Å². The van der Waals surface area contributed by atoms with E-state index in [9.17, 15) is 9.59 Å². The minimum atomic E-state index is -0.776. The molecule has 0 saturated heterocycles. The first-order valence-corrected chi connectivity index (χ1v) is 8.27. The Hall–Kier alpha value is -1.26. The van der Waals surface area contributed by atoms with Gasteiger partial charge in [-0.25, -0.2) is 4.79 Å². The second-order valence-corrected chi connectivity index (χ2v) is 6.31. The summed E-state index contributed by atoms with van der Waals surface area (Å²) in [5, 5.41) is 14.5. The van der Waals surface area contributed by atoms with Crippen LogP contribution in [0.3, 0.4) is 0 Å². The Labute approximate surface area is 127 Å². The Morgan fingerprint density at radius 1 is 1.14 bits per heavy atom. The number of urea groups is 1.